The van der Waals surface area contributed by atoms with Crippen LogP contribution >= 0.6 is 0 Å². The zero-order valence-electron chi connectivity index (χ0n) is 13.4. The zero-order valence-corrected chi connectivity index (χ0v) is 14.2. The Hall–Kier alpha value is -1.81. The van der Waals surface area contributed by atoms with Gasteiger partial charge in [-0.2, -0.15) is 8.42 Å². The summed E-state index contributed by atoms with van der Waals surface area (Å²) < 4.78 is 27.0. The lowest BCUT2D eigenvalue weighted by Gasteiger charge is -2.19. The van der Waals surface area contributed by atoms with Gasteiger partial charge >= 0.3 is 10.1 Å². The molecule has 0 saturated carbocycles. The number of rotatable bonds is 7. The van der Waals surface area contributed by atoms with E-state index in [1.165, 1.54) is 41.5 Å². The van der Waals surface area contributed by atoms with Gasteiger partial charge in [-0.3, -0.25) is 0 Å². The van der Waals surface area contributed by atoms with Gasteiger partial charge in [0.05, 0.1) is 6.26 Å². The van der Waals surface area contributed by atoms with Gasteiger partial charge in [-0.15, -0.1) is 0 Å². The van der Waals surface area contributed by atoms with Crippen LogP contribution in [0.3, 0.4) is 0 Å². The normalized spacial score (nSPS) is 13.3. The lowest BCUT2D eigenvalue weighted by Crippen LogP contribution is -2.08. The molecule has 0 spiro atoms. The first-order chi connectivity index (χ1) is 11.0. The fraction of sp³-hybridized carbons (Fsp3) is 0.368. The van der Waals surface area contributed by atoms with Gasteiger partial charge in [0, 0.05) is 0 Å². The summed E-state index contributed by atoms with van der Waals surface area (Å²) in [6.45, 7) is 0. The fourth-order valence-corrected chi connectivity index (χ4v) is 3.41. The molecule has 0 aromatic heterocycles. The van der Waals surface area contributed by atoms with E-state index in [1.807, 2.05) is 12.1 Å². The molecule has 0 N–H and O–H groups in total. The molecule has 0 atom stereocenters. The van der Waals surface area contributed by atoms with Gasteiger partial charge in [0.25, 0.3) is 0 Å². The van der Waals surface area contributed by atoms with Crippen LogP contribution in [-0.4, -0.2) is 14.7 Å². The van der Waals surface area contributed by atoms with Crippen molar-refractivity contribution in [2.75, 3.05) is 6.26 Å². The molecule has 0 saturated heterocycles. The Morgan fingerprint density at radius 3 is 2.04 bits per heavy atom. The molecule has 1 aliphatic carbocycles. The van der Waals surface area contributed by atoms with Gasteiger partial charge in [0.1, 0.15) is 5.75 Å². The number of hydrogen-bond acceptors (Lipinski definition) is 3. The van der Waals surface area contributed by atoms with Gasteiger partial charge in [-0.05, 0) is 72.9 Å². The third-order valence-corrected chi connectivity index (χ3v) is 4.78. The zero-order chi connectivity index (χ0) is 16.3. The van der Waals surface area contributed by atoms with Crippen LogP contribution in [0, 0.1) is 0 Å². The minimum atomic E-state index is -3.44. The Balaban J connectivity index is 1.44. The molecule has 23 heavy (non-hydrogen) atoms. The highest BCUT2D eigenvalue weighted by Crippen LogP contribution is 2.24. The highest BCUT2D eigenvalue weighted by molar-refractivity contribution is 7.86. The summed E-state index contributed by atoms with van der Waals surface area (Å²) in [5, 5.41) is 0. The third-order valence-electron chi connectivity index (χ3n) is 4.29. The molecular weight excluding hydrogens is 308 g/mol. The van der Waals surface area contributed by atoms with Crippen molar-refractivity contribution in [2.45, 2.75) is 38.5 Å². The number of benzene rings is 2. The van der Waals surface area contributed by atoms with Crippen molar-refractivity contribution in [1.29, 1.82) is 0 Å². The second kappa shape index (κ2) is 6.75. The van der Waals surface area contributed by atoms with Crippen LogP contribution in [0.25, 0.3) is 0 Å². The first kappa shape index (κ1) is 16.1. The summed E-state index contributed by atoms with van der Waals surface area (Å²) in [7, 11) is -3.44. The number of fused-ring (bicyclic) bond motifs is 1. The minimum Gasteiger partial charge on any atom is -0.383 e. The SMILES string of the molecule is CS(=O)(=O)Oc1ccc(CCCCc2ccc3c(c2)CC3)cc1. The van der Waals surface area contributed by atoms with Crippen LogP contribution in [0.2, 0.25) is 0 Å². The van der Waals surface area contributed by atoms with Crippen LogP contribution in [0.4, 0.5) is 0 Å². The van der Waals surface area contributed by atoms with Crippen LogP contribution in [0.5, 0.6) is 5.75 Å². The van der Waals surface area contributed by atoms with Gasteiger partial charge in [0.2, 0.25) is 0 Å². The standard InChI is InChI=1S/C19H22O3S/c1-23(20,21)22-19-12-7-15(8-13-19)4-2-3-5-16-6-9-17-10-11-18(17)14-16/h6-9,12-14H,2-5,10-11H2,1H3. The maximum Gasteiger partial charge on any atom is 0.306 e. The molecule has 0 bridgehead atoms. The summed E-state index contributed by atoms with van der Waals surface area (Å²) >= 11 is 0. The molecule has 0 aliphatic heterocycles. The topological polar surface area (TPSA) is 43.4 Å². The van der Waals surface area contributed by atoms with E-state index in [9.17, 15) is 8.42 Å². The van der Waals surface area contributed by atoms with Crippen molar-refractivity contribution < 1.29 is 12.6 Å². The molecule has 0 amide bonds. The molecular formula is C19H22O3S. The lowest BCUT2D eigenvalue weighted by atomic mass is 9.86. The van der Waals surface area contributed by atoms with Crippen molar-refractivity contribution in [1.82, 2.24) is 0 Å². The summed E-state index contributed by atoms with van der Waals surface area (Å²) in [4.78, 5) is 0. The molecule has 0 radical (unpaired) electrons. The van der Waals surface area contributed by atoms with Gasteiger partial charge in [-0.25, -0.2) is 0 Å². The molecule has 0 unspecified atom stereocenters. The van der Waals surface area contributed by atoms with Crippen molar-refractivity contribution in [2.24, 2.45) is 0 Å². The smallest absolute Gasteiger partial charge is 0.306 e. The average molecular weight is 330 g/mol. The maximum atomic E-state index is 11.1. The monoisotopic (exact) mass is 330 g/mol. The van der Waals surface area contributed by atoms with Crippen molar-refractivity contribution >= 4 is 10.1 Å². The van der Waals surface area contributed by atoms with E-state index >= 15 is 0 Å². The number of hydrogen-bond donors (Lipinski definition) is 0. The van der Waals surface area contributed by atoms with Crippen LogP contribution in [0.1, 0.15) is 35.1 Å². The van der Waals surface area contributed by atoms with E-state index in [0.29, 0.717) is 5.75 Å². The van der Waals surface area contributed by atoms with Crippen molar-refractivity contribution in [3.63, 3.8) is 0 Å². The highest BCUT2D eigenvalue weighted by Gasteiger charge is 2.12. The lowest BCUT2D eigenvalue weighted by molar-refractivity contribution is 0.493. The molecule has 1 aliphatic rings. The van der Waals surface area contributed by atoms with Crippen molar-refractivity contribution in [3.05, 3.63) is 64.7 Å². The Labute approximate surface area is 138 Å². The molecule has 0 fully saturated rings. The predicted octanol–water partition coefficient (Wildman–Crippen LogP) is 3.69. The molecule has 3 nitrogen and oxygen atoms in total. The quantitative estimate of drug-likeness (QED) is 0.574. The molecule has 2 aromatic carbocycles. The summed E-state index contributed by atoms with van der Waals surface area (Å²) in [6, 6.07) is 14.2. The number of aryl methyl sites for hydroxylation is 4. The first-order valence-corrected chi connectivity index (χ1v) is 9.90. The summed E-state index contributed by atoms with van der Waals surface area (Å²) in [5.74, 6) is 0.373. The molecule has 3 rings (SSSR count). The Bertz CT molecular complexity index is 777. The summed E-state index contributed by atoms with van der Waals surface area (Å²) in [5.41, 5.74) is 5.71. The predicted molar refractivity (Wildman–Crippen MR) is 92.4 cm³/mol. The Kier molecular flexibility index (Phi) is 4.71. The van der Waals surface area contributed by atoms with E-state index in [4.69, 9.17) is 4.18 Å². The van der Waals surface area contributed by atoms with E-state index in [2.05, 4.69) is 18.2 Å². The Morgan fingerprint density at radius 1 is 0.870 bits per heavy atom. The third kappa shape index (κ3) is 4.58. The average Bonchev–Trinajstić information content (AvgIpc) is 2.46. The maximum absolute atomic E-state index is 11.1. The van der Waals surface area contributed by atoms with Gasteiger partial charge in [-0.1, -0.05) is 30.3 Å². The highest BCUT2D eigenvalue weighted by atomic mass is 32.2. The molecule has 4 heteroatoms. The van der Waals surface area contributed by atoms with E-state index in [0.717, 1.165) is 25.5 Å². The summed E-state index contributed by atoms with van der Waals surface area (Å²) in [6.07, 6.45) is 7.97. The van der Waals surface area contributed by atoms with E-state index in [-0.39, 0.29) is 0 Å². The van der Waals surface area contributed by atoms with Crippen LogP contribution in [-0.2, 0) is 35.8 Å². The van der Waals surface area contributed by atoms with Gasteiger partial charge in [0.15, 0.2) is 0 Å². The minimum absolute atomic E-state index is 0.373. The largest absolute Gasteiger partial charge is 0.383 e. The molecule has 122 valence electrons. The van der Waals surface area contributed by atoms with E-state index in [1.54, 1.807) is 12.1 Å². The first-order valence-electron chi connectivity index (χ1n) is 8.09. The van der Waals surface area contributed by atoms with E-state index < -0.39 is 10.1 Å². The molecule has 2 aromatic rings. The number of unbranched alkanes of at least 4 members (excludes halogenated alkanes) is 1. The second-order valence-electron chi connectivity index (χ2n) is 6.24. The van der Waals surface area contributed by atoms with Crippen LogP contribution < -0.4 is 4.18 Å². The van der Waals surface area contributed by atoms with Gasteiger partial charge < -0.3 is 4.18 Å². The van der Waals surface area contributed by atoms with Crippen molar-refractivity contribution in [3.8, 4) is 5.75 Å². The Morgan fingerprint density at radius 2 is 1.48 bits per heavy atom. The molecule has 0 heterocycles. The van der Waals surface area contributed by atoms with Crippen LogP contribution in [0.15, 0.2) is 42.5 Å². The second-order valence-corrected chi connectivity index (χ2v) is 7.82. The fourth-order valence-electron chi connectivity index (χ4n) is 2.95.